The van der Waals surface area contributed by atoms with Crippen LogP contribution >= 0.6 is 0 Å². The van der Waals surface area contributed by atoms with Gasteiger partial charge in [0.25, 0.3) is 0 Å². The van der Waals surface area contributed by atoms with Crippen LogP contribution < -0.4 is 10.6 Å². The minimum atomic E-state index is -0.588. The number of rotatable bonds is 11. The van der Waals surface area contributed by atoms with Gasteiger partial charge in [0.05, 0.1) is 37.4 Å². The molecule has 1 atom stereocenters. The standard InChI is InChI=1S/C14H30N2O4/c1-11(2)20-7-6-19-9-12(17)8-16-10-14(3,4)13(18)15-5/h11-12,16-17H,6-10H2,1-5H3,(H,15,18). The molecule has 0 aliphatic carbocycles. The zero-order valence-electron chi connectivity index (χ0n) is 13.4. The second-order valence-corrected chi connectivity index (χ2v) is 5.74. The lowest BCUT2D eigenvalue weighted by Gasteiger charge is -2.23. The Labute approximate surface area is 122 Å². The molecule has 0 bridgehead atoms. The molecule has 6 nitrogen and oxygen atoms in total. The summed E-state index contributed by atoms with van der Waals surface area (Å²) in [6.45, 7) is 9.79. The number of aliphatic hydroxyl groups excluding tert-OH is 1. The maximum Gasteiger partial charge on any atom is 0.226 e. The van der Waals surface area contributed by atoms with Crippen molar-refractivity contribution in [1.29, 1.82) is 0 Å². The Kier molecular flexibility index (Phi) is 9.75. The number of amides is 1. The van der Waals surface area contributed by atoms with Crippen LogP contribution in [0.4, 0.5) is 0 Å². The first kappa shape index (κ1) is 19.3. The van der Waals surface area contributed by atoms with Gasteiger partial charge in [0.2, 0.25) is 5.91 Å². The molecule has 3 N–H and O–H groups in total. The molecule has 0 aliphatic heterocycles. The van der Waals surface area contributed by atoms with Gasteiger partial charge in [-0.1, -0.05) is 0 Å². The van der Waals surface area contributed by atoms with Gasteiger partial charge in [-0.2, -0.15) is 0 Å². The molecule has 0 fully saturated rings. The lowest BCUT2D eigenvalue weighted by Crippen LogP contribution is -2.44. The second-order valence-electron chi connectivity index (χ2n) is 5.74. The fourth-order valence-electron chi connectivity index (χ4n) is 1.59. The van der Waals surface area contributed by atoms with Crippen molar-refractivity contribution >= 4 is 5.91 Å². The van der Waals surface area contributed by atoms with Crippen molar-refractivity contribution in [2.45, 2.75) is 39.9 Å². The Balaban J connectivity index is 3.63. The molecular formula is C14H30N2O4. The highest BCUT2D eigenvalue weighted by atomic mass is 16.5. The number of hydrogen-bond donors (Lipinski definition) is 3. The molecule has 0 aromatic carbocycles. The van der Waals surface area contributed by atoms with E-state index in [1.165, 1.54) is 0 Å². The van der Waals surface area contributed by atoms with E-state index in [0.717, 1.165) is 0 Å². The molecule has 6 heteroatoms. The van der Waals surface area contributed by atoms with Gasteiger partial charge < -0.3 is 25.2 Å². The van der Waals surface area contributed by atoms with Crippen molar-refractivity contribution in [1.82, 2.24) is 10.6 Å². The minimum absolute atomic E-state index is 0.0263. The average Bonchev–Trinajstić information content (AvgIpc) is 2.36. The lowest BCUT2D eigenvalue weighted by atomic mass is 9.92. The number of carbonyl (C=O) groups excluding carboxylic acids is 1. The van der Waals surface area contributed by atoms with Crippen LogP contribution in [-0.2, 0) is 14.3 Å². The van der Waals surface area contributed by atoms with Crippen LogP contribution in [0.25, 0.3) is 0 Å². The maximum atomic E-state index is 11.6. The van der Waals surface area contributed by atoms with Crippen LogP contribution in [-0.4, -0.2) is 63.2 Å². The minimum Gasteiger partial charge on any atom is -0.389 e. The van der Waals surface area contributed by atoms with Gasteiger partial charge in [0, 0.05) is 20.1 Å². The van der Waals surface area contributed by atoms with Crippen LogP contribution in [0.2, 0.25) is 0 Å². The summed E-state index contributed by atoms with van der Waals surface area (Å²) in [5.41, 5.74) is -0.500. The molecule has 0 saturated carbocycles. The van der Waals surface area contributed by atoms with Crippen molar-refractivity contribution in [3.63, 3.8) is 0 Å². The van der Waals surface area contributed by atoms with Crippen molar-refractivity contribution < 1.29 is 19.4 Å². The fraction of sp³-hybridized carbons (Fsp3) is 0.929. The summed E-state index contributed by atoms with van der Waals surface area (Å²) in [5.74, 6) is -0.0263. The van der Waals surface area contributed by atoms with Gasteiger partial charge in [0.1, 0.15) is 0 Å². The third-order valence-electron chi connectivity index (χ3n) is 2.78. The van der Waals surface area contributed by atoms with E-state index in [1.807, 2.05) is 27.7 Å². The summed E-state index contributed by atoms with van der Waals surface area (Å²) in [5, 5.41) is 15.4. The lowest BCUT2D eigenvalue weighted by molar-refractivity contribution is -0.128. The molecule has 0 aromatic rings. The molecule has 120 valence electrons. The third-order valence-corrected chi connectivity index (χ3v) is 2.78. The topological polar surface area (TPSA) is 79.8 Å². The van der Waals surface area contributed by atoms with Gasteiger partial charge in [-0.15, -0.1) is 0 Å². The first-order valence-corrected chi connectivity index (χ1v) is 7.10. The van der Waals surface area contributed by atoms with Crippen LogP contribution in [0.3, 0.4) is 0 Å². The van der Waals surface area contributed by atoms with Gasteiger partial charge in [-0.25, -0.2) is 0 Å². The van der Waals surface area contributed by atoms with Crippen LogP contribution in [0.5, 0.6) is 0 Å². The summed E-state index contributed by atoms with van der Waals surface area (Å²) >= 11 is 0. The fourth-order valence-corrected chi connectivity index (χ4v) is 1.59. The molecule has 0 heterocycles. The molecule has 0 aliphatic rings. The summed E-state index contributed by atoms with van der Waals surface area (Å²) in [4.78, 5) is 11.6. The van der Waals surface area contributed by atoms with E-state index in [0.29, 0.717) is 26.3 Å². The molecule has 0 rings (SSSR count). The average molecular weight is 290 g/mol. The summed E-state index contributed by atoms with van der Waals surface area (Å²) in [6, 6.07) is 0. The van der Waals surface area contributed by atoms with Crippen molar-refractivity contribution in [3.8, 4) is 0 Å². The molecule has 1 amide bonds. The third kappa shape index (κ3) is 9.25. The van der Waals surface area contributed by atoms with Crippen LogP contribution in [0.1, 0.15) is 27.7 Å². The zero-order valence-corrected chi connectivity index (χ0v) is 13.4. The molecule has 0 saturated heterocycles. The van der Waals surface area contributed by atoms with Crippen molar-refractivity contribution in [3.05, 3.63) is 0 Å². The number of nitrogens with one attached hydrogen (secondary N) is 2. The maximum absolute atomic E-state index is 11.6. The number of ether oxygens (including phenoxy) is 2. The van der Waals surface area contributed by atoms with Gasteiger partial charge in [-0.3, -0.25) is 4.79 Å². The largest absolute Gasteiger partial charge is 0.389 e. The molecule has 20 heavy (non-hydrogen) atoms. The van der Waals surface area contributed by atoms with Crippen molar-refractivity contribution in [2.24, 2.45) is 5.41 Å². The molecule has 0 radical (unpaired) electrons. The van der Waals surface area contributed by atoms with Gasteiger partial charge >= 0.3 is 0 Å². The summed E-state index contributed by atoms with van der Waals surface area (Å²) in [6.07, 6.45) is -0.397. The van der Waals surface area contributed by atoms with Gasteiger partial charge in [-0.05, 0) is 27.7 Å². The van der Waals surface area contributed by atoms with E-state index in [4.69, 9.17) is 9.47 Å². The molecule has 0 spiro atoms. The zero-order chi connectivity index (χ0) is 15.6. The SMILES string of the molecule is CNC(=O)C(C)(C)CNCC(O)COCCOC(C)C. The highest BCUT2D eigenvalue weighted by molar-refractivity contribution is 5.81. The highest BCUT2D eigenvalue weighted by Gasteiger charge is 2.26. The predicted molar refractivity (Wildman–Crippen MR) is 78.6 cm³/mol. The summed E-state index contributed by atoms with van der Waals surface area (Å²) < 4.78 is 10.6. The molecule has 0 aromatic heterocycles. The Morgan fingerprint density at radius 1 is 1.30 bits per heavy atom. The van der Waals surface area contributed by atoms with Crippen LogP contribution in [0, 0.1) is 5.41 Å². The van der Waals surface area contributed by atoms with Crippen LogP contribution in [0.15, 0.2) is 0 Å². The number of hydrogen-bond acceptors (Lipinski definition) is 5. The Bertz CT molecular complexity index is 270. The molecule has 1 unspecified atom stereocenters. The van der Waals surface area contributed by atoms with Gasteiger partial charge in [0.15, 0.2) is 0 Å². The van der Waals surface area contributed by atoms with E-state index in [-0.39, 0.29) is 18.6 Å². The highest BCUT2D eigenvalue weighted by Crippen LogP contribution is 2.12. The van der Waals surface area contributed by atoms with E-state index in [9.17, 15) is 9.90 Å². The normalized spacial score (nSPS) is 13.6. The number of carbonyl (C=O) groups is 1. The Morgan fingerprint density at radius 2 is 1.95 bits per heavy atom. The first-order chi connectivity index (χ1) is 9.29. The van der Waals surface area contributed by atoms with E-state index in [2.05, 4.69) is 10.6 Å². The predicted octanol–water partition coefficient (Wildman–Crippen LogP) is 0.151. The van der Waals surface area contributed by atoms with Crippen molar-refractivity contribution in [2.75, 3.05) is 40.0 Å². The Hall–Kier alpha value is -0.690. The van der Waals surface area contributed by atoms with E-state index >= 15 is 0 Å². The Morgan fingerprint density at radius 3 is 2.50 bits per heavy atom. The smallest absolute Gasteiger partial charge is 0.226 e. The van der Waals surface area contributed by atoms with E-state index < -0.39 is 11.5 Å². The monoisotopic (exact) mass is 290 g/mol. The number of aliphatic hydroxyl groups is 1. The second kappa shape index (κ2) is 10.1. The molecular weight excluding hydrogens is 260 g/mol. The first-order valence-electron chi connectivity index (χ1n) is 7.10. The quantitative estimate of drug-likeness (QED) is 0.472. The van der Waals surface area contributed by atoms with E-state index in [1.54, 1.807) is 7.05 Å². The summed E-state index contributed by atoms with van der Waals surface area (Å²) in [7, 11) is 1.62.